The molecule has 0 bridgehead atoms. The SMILES string of the molecule is C=C(C)C(=O)ON1CCC1C1CCCCC1. The van der Waals surface area contributed by atoms with Crippen LogP contribution in [-0.4, -0.2) is 23.6 Å². The summed E-state index contributed by atoms with van der Waals surface area (Å²) in [5.41, 5.74) is 0.481. The second-order valence-corrected chi connectivity index (χ2v) is 5.05. The average molecular weight is 223 g/mol. The van der Waals surface area contributed by atoms with Crippen molar-refractivity contribution in [1.82, 2.24) is 5.06 Å². The summed E-state index contributed by atoms with van der Waals surface area (Å²) in [6, 6.07) is 0.476. The summed E-state index contributed by atoms with van der Waals surface area (Å²) >= 11 is 0. The van der Waals surface area contributed by atoms with Gasteiger partial charge in [0.25, 0.3) is 0 Å². The van der Waals surface area contributed by atoms with Crippen molar-refractivity contribution < 1.29 is 9.63 Å². The van der Waals surface area contributed by atoms with Crippen LogP contribution in [0.15, 0.2) is 12.2 Å². The van der Waals surface area contributed by atoms with Gasteiger partial charge in [-0.25, -0.2) is 4.79 Å². The van der Waals surface area contributed by atoms with Crippen molar-refractivity contribution >= 4 is 5.97 Å². The highest BCUT2D eigenvalue weighted by Gasteiger charge is 2.37. The van der Waals surface area contributed by atoms with Gasteiger partial charge in [0.05, 0.1) is 6.04 Å². The Balaban J connectivity index is 1.83. The molecule has 1 unspecified atom stereocenters. The van der Waals surface area contributed by atoms with Crippen LogP contribution in [0.5, 0.6) is 0 Å². The molecule has 0 aromatic rings. The van der Waals surface area contributed by atoms with Crippen LogP contribution in [-0.2, 0) is 9.63 Å². The third-order valence-corrected chi connectivity index (χ3v) is 3.76. The maximum absolute atomic E-state index is 11.4. The number of hydrogen-bond donors (Lipinski definition) is 0. The molecule has 0 N–H and O–H groups in total. The quantitative estimate of drug-likeness (QED) is 0.689. The highest BCUT2D eigenvalue weighted by Crippen LogP contribution is 2.35. The molecule has 0 radical (unpaired) electrons. The molecule has 3 nitrogen and oxygen atoms in total. The molecule has 2 rings (SSSR count). The molecule has 3 heteroatoms. The monoisotopic (exact) mass is 223 g/mol. The van der Waals surface area contributed by atoms with Crippen LogP contribution in [0.4, 0.5) is 0 Å². The molecule has 0 aromatic heterocycles. The smallest absolute Gasteiger partial charge is 0.352 e. The molecule has 1 saturated carbocycles. The second-order valence-electron chi connectivity index (χ2n) is 5.05. The van der Waals surface area contributed by atoms with Crippen LogP contribution in [0.1, 0.15) is 45.4 Å². The van der Waals surface area contributed by atoms with Crippen molar-refractivity contribution in [3.8, 4) is 0 Å². The van der Waals surface area contributed by atoms with Gasteiger partial charge >= 0.3 is 5.97 Å². The van der Waals surface area contributed by atoms with Gasteiger partial charge in [0.2, 0.25) is 0 Å². The molecule has 1 aliphatic heterocycles. The summed E-state index contributed by atoms with van der Waals surface area (Å²) < 4.78 is 0. The van der Waals surface area contributed by atoms with Gasteiger partial charge in [-0.2, -0.15) is 0 Å². The van der Waals surface area contributed by atoms with E-state index in [1.54, 1.807) is 6.92 Å². The van der Waals surface area contributed by atoms with Gasteiger partial charge in [-0.05, 0) is 32.1 Å². The number of carbonyl (C=O) groups is 1. The van der Waals surface area contributed by atoms with Crippen LogP contribution in [0.3, 0.4) is 0 Å². The summed E-state index contributed by atoms with van der Waals surface area (Å²) in [4.78, 5) is 16.7. The van der Waals surface area contributed by atoms with E-state index in [1.807, 2.05) is 5.06 Å². The molecule has 16 heavy (non-hydrogen) atoms. The number of carbonyl (C=O) groups excluding carboxylic acids is 1. The maximum atomic E-state index is 11.4. The Morgan fingerprint density at radius 3 is 2.44 bits per heavy atom. The Morgan fingerprint density at radius 1 is 1.25 bits per heavy atom. The lowest BCUT2D eigenvalue weighted by Crippen LogP contribution is -2.52. The van der Waals surface area contributed by atoms with Crippen molar-refractivity contribution in [2.45, 2.75) is 51.5 Å². The Labute approximate surface area is 97.4 Å². The van der Waals surface area contributed by atoms with E-state index in [0.717, 1.165) is 12.5 Å². The average Bonchev–Trinajstić information content (AvgIpc) is 2.25. The second kappa shape index (κ2) is 5.00. The highest BCUT2D eigenvalue weighted by atomic mass is 16.7. The topological polar surface area (TPSA) is 29.5 Å². The van der Waals surface area contributed by atoms with Crippen LogP contribution >= 0.6 is 0 Å². The lowest BCUT2D eigenvalue weighted by molar-refractivity contribution is -0.233. The predicted molar refractivity (Wildman–Crippen MR) is 62.6 cm³/mol. The van der Waals surface area contributed by atoms with Crippen molar-refractivity contribution in [2.75, 3.05) is 6.54 Å². The largest absolute Gasteiger partial charge is 0.364 e. The minimum atomic E-state index is -0.277. The molecule has 1 saturated heterocycles. The predicted octanol–water partition coefficient (Wildman–Crippen LogP) is 2.68. The minimum absolute atomic E-state index is 0.277. The van der Waals surface area contributed by atoms with E-state index >= 15 is 0 Å². The Morgan fingerprint density at radius 2 is 1.94 bits per heavy atom. The molecule has 1 atom stereocenters. The molecule has 90 valence electrons. The fraction of sp³-hybridized carbons (Fsp3) is 0.769. The first kappa shape index (κ1) is 11.6. The number of hydroxylamine groups is 2. The fourth-order valence-electron chi connectivity index (χ4n) is 2.67. The van der Waals surface area contributed by atoms with Gasteiger partial charge in [0, 0.05) is 12.1 Å². The molecular weight excluding hydrogens is 202 g/mol. The Kier molecular flexibility index (Phi) is 3.64. The first-order valence-corrected chi connectivity index (χ1v) is 6.33. The van der Waals surface area contributed by atoms with Gasteiger partial charge in [-0.15, -0.1) is 5.06 Å². The molecule has 1 aliphatic carbocycles. The standard InChI is InChI=1S/C13H21NO2/c1-10(2)13(15)16-14-9-8-12(14)11-6-4-3-5-7-11/h11-12H,1,3-9H2,2H3. The zero-order chi connectivity index (χ0) is 11.5. The van der Waals surface area contributed by atoms with Gasteiger partial charge in [0.15, 0.2) is 0 Å². The number of hydrogen-bond acceptors (Lipinski definition) is 3. The van der Waals surface area contributed by atoms with Crippen LogP contribution in [0.2, 0.25) is 0 Å². The molecule has 1 heterocycles. The minimum Gasteiger partial charge on any atom is -0.364 e. The van der Waals surface area contributed by atoms with E-state index in [1.165, 1.54) is 38.5 Å². The van der Waals surface area contributed by atoms with E-state index in [9.17, 15) is 4.79 Å². The van der Waals surface area contributed by atoms with Gasteiger partial charge in [-0.3, -0.25) is 0 Å². The Hall–Kier alpha value is -0.830. The molecular formula is C13H21NO2. The fourth-order valence-corrected chi connectivity index (χ4v) is 2.67. The summed E-state index contributed by atoms with van der Waals surface area (Å²) in [7, 11) is 0. The highest BCUT2D eigenvalue weighted by molar-refractivity contribution is 5.86. The Bertz CT molecular complexity index is 282. The number of nitrogens with zero attached hydrogens (tertiary/aromatic N) is 1. The lowest BCUT2D eigenvalue weighted by Gasteiger charge is -2.44. The summed E-state index contributed by atoms with van der Waals surface area (Å²) in [5.74, 6) is 0.459. The zero-order valence-corrected chi connectivity index (χ0v) is 10.1. The van der Waals surface area contributed by atoms with E-state index in [0.29, 0.717) is 11.6 Å². The van der Waals surface area contributed by atoms with Crippen molar-refractivity contribution in [1.29, 1.82) is 0 Å². The van der Waals surface area contributed by atoms with Gasteiger partial charge < -0.3 is 4.84 Å². The first-order valence-electron chi connectivity index (χ1n) is 6.33. The third-order valence-electron chi connectivity index (χ3n) is 3.76. The molecule has 0 spiro atoms. The maximum Gasteiger partial charge on any atom is 0.352 e. The lowest BCUT2D eigenvalue weighted by atomic mass is 9.80. The summed E-state index contributed by atoms with van der Waals surface area (Å²) in [5, 5.41) is 1.87. The van der Waals surface area contributed by atoms with Crippen molar-refractivity contribution in [2.24, 2.45) is 5.92 Å². The number of rotatable bonds is 3. The van der Waals surface area contributed by atoms with E-state index in [2.05, 4.69) is 6.58 Å². The molecule has 0 aromatic carbocycles. The third kappa shape index (κ3) is 2.46. The zero-order valence-electron chi connectivity index (χ0n) is 10.1. The van der Waals surface area contributed by atoms with E-state index < -0.39 is 0 Å². The van der Waals surface area contributed by atoms with Gasteiger partial charge in [0.1, 0.15) is 0 Å². The van der Waals surface area contributed by atoms with E-state index in [-0.39, 0.29) is 5.97 Å². The van der Waals surface area contributed by atoms with Crippen molar-refractivity contribution in [3.05, 3.63) is 12.2 Å². The molecule has 2 aliphatic rings. The van der Waals surface area contributed by atoms with Crippen LogP contribution < -0.4 is 0 Å². The summed E-state index contributed by atoms with van der Waals surface area (Å²) in [6.07, 6.45) is 7.81. The van der Waals surface area contributed by atoms with Gasteiger partial charge in [-0.1, -0.05) is 25.8 Å². The van der Waals surface area contributed by atoms with E-state index in [4.69, 9.17) is 4.84 Å². The van der Waals surface area contributed by atoms with Crippen molar-refractivity contribution in [3.63, 3.8) is 0 Å². The van der Waals surface area contributed by atoms with Crippen LogP contribution in [0, 0.1) is 5.92 Å². The molecule has 0 amide bonds. The summed E-state index contributed by atoms with van der Waals surface area (Å²) in [6.45, 7) is 6.18. The first-order chi connectivity index (χ1) is 7.68. The normalized spacial score (nSPS) is 27.2. The molecule has 2 fully saturated rings. The van der Waals surface area contributed by atoms with Crippen LogP contribution in [0.25, 0.3) is 0 Å².